The van der Waals surface area contributed by atoms with Gasteiger partial charge in [-0.3, -0.25) is 0 Å². The molecule has 0 aromatic heterocycles. The molecule has 0 saturated carbocycles. The monoisotopic (exact) mass is 133 g/mol. The van der Waals surface area contributed by atoms with Crippen molar-refractivity contribution in [2.24, 2.45) is 0 Å². The van der Waals surface area contributed by atoms with Crippen LogP contribution in [0.4, 0.5) is 8.78 Å². The highest BCUT2D eigenvalue weighted by atomic mass is 35.5. The summed E-state index contributed by atoms with van der Waals surface area (Å²) >= 11 is 3.10. The molecule has 0 aliphatic rings. The third-order valence-electron chi connectivity index (χ3n) is 0.0945. The molecule has 0 aromatic carbocycles. The number of hydrogen-bond acceptors (Lipinski definition) is 1. The van der Waals surface area contributed by atoms with Gasteiger partial charge in [0.1, 0.15) is 12.0 Å². The van der Waals surface area contributed by atoms with Gasteiger partial charge in [-0.25, -0.2) is 0 Å². The topological polar surface area (TPSA) is 19.9 Å². The number of halogens is 3. The predicted octanol–water partition coefficient (Wildman–Crippen LogP) is 1.85. The van der Waals surface area contributed by atoms with Gasteiger partial charge in [0.15, 0.2) is 0 Å². The molecule has 0 aliphatic heterocycles. The number of rotatable bonds is 1. The van der Waals surface area contributed by atoms with E-state index in [1.165, 1.54) is 0 Å². The molecule has 5 heteroatoms. The van der Waals surface area contributed by atoms with Gasteiger partial charge in [-0.1, -0.05) is 0 Å². The van der Waals surface area contributed by atoms with Crippen LogP contribution in [0.25, 0.3) is 0 Å². The fourth-order valence-corrected chi connectivity index (χ4v) is 0. The van der Waals surface area contributed by atoms with E-state index in [-0.39, 0.29) is 0 Å². The summed E-state index contributed by atoms with van der Waals surface area (Å²) in [5.41, 5.74) is 0. The molecule has 0 unspecified atom stereocenters. The SMILES string of the molecule is [O]SC(F)(F)Cl. The molecule has 0 saturated heterocycles. The van der Waals surface area contributed by atoms with Gasteiger partial charge in [0.25, 0.3) is 0 Å². The van der Waals surface area contributed by atoms with Gasteiger partial charge in [-0.2, -0.15) is 8.78 Å². The number of alkyl halides is 3. The molecule has 1 nitrogen and oxygen atoms in total. The Balaban J connectivity index is 3.17. The minimum absolute atomic E-state index is 0.936. The van der Waals surface area contributed by atoms with E-state index in [9.17, 15) is 8.78 Å². The molecule has 0 rings (SSSR count). The van der Waals surface area contributed by atoms with Crippen LogP contribution in [0.5, 0.6) is 0 Å². The molecule has 0 spiro atoms. The molecule has 0 atom stereocenters. The first kappa shape index (κ1) is 6.46. The van der Waals surface area contributed by atoms with Crippen LogP contribution in [-0.2, 0) is 4.55 Å². The first-order chi connectivity index (χ1) is 2.56. The van der Waals surface area contributed by atoms with Crippen LogP contribution in [0.15, 0.2) is 0 Å². The first-order valence-corrected chi connectivity index (χ1v) is 2.06. The standard InChI is InChI=1S/CClF2OS/c2-1(3,4)6-5. The minimum atomic E-state index is -3.62. The van der Waals surface area contributed by atoms with Crippen LogP contribution in [-0.4, -0.2) is 4.71 Å². The summed E-state index contributed by atoms with van der Waals surface area (Å²) in [5.74, 6) is 0. The lowest BCUT2D eigenvalue weighted by atomic mass is 11.6. The van der Waals surface area contributed by atoms with E-state index in [1.54, 1.807) is 0 Å². The minimum Gasteiger partial charge on any atom is -0.174 e. The Morgan fingerprint density at radius 2 is 1.83 bits per heavy atom. The van der Waals surface area contributed by atoms with E-state index in [0.29, 0.717) is 0 Å². The largest absolute Gasteiger partial charge is 0.398 e. The predicted molar refractivity (Wildman–Crippen MR) is 19.1 cm³/mol. The highest BCUT2D eigenvalue weighted by Crippen LogP contribution is 2.30. The van der Waals surface area contributed by atoms with Crippen molar-refractivity contribution in [1.29, 1.82) is 0 Å². The van der Waals surface area contributed by atoms with Gasteiger partial charge in [-0.15, -0.1) is 4.55 Å². The lowest BCUT2D eigenvalue weighted by Gasteiger charge is -1.93. The maximum atomic E-state index is 10.9. The summed E-state index contributed by atoms with van der Waals surface area (Å²) in [4.78, 5) is 0. The van der Waals surface area contributed by atoms with Crippen LogP contribution in [0, 0.1) is 0 Å². The van der Waals surface area contributed by atoms with Crippen LogP contribution in [0.3, 0.4) is 0 Å². The van der Waals surface area contributed by atoms with Gasteiger partial charge >= 0.3 is 4.71 Å². The lowest BCUT2D eigenvalue weighted by molar-refractivity contribution is 0.191. The van der Waals surface area contributed by atoms with E-state index in [1.807, 2.05) is 0 Å². The van der Waals surface area contributed by atoms with Crippen LogP contribution in [0.1, 0.15) is 0 Å². The zero-order valence-electron chi connectivity index (χ0n) is 2.45. The molecular formula is CClF2OS. The summed E-state index contributed by atoms with van der Waals surface area (Å²) in [6.45, 7) is 0. The molecule has 37 valence electrons. The van der Waals surface area contributed by atoms with E-state index in [4.69, 9.17) is 4.55 Å². The normalized spacial score (nSPS) is 12.0. The summed E-state index contributed by atoms with van der Waals surface area (Å²) in [5, 5.41) is 0. The van der Waals surface area contributed by atoms with Gasteiger partial charge in [0, 0.05) is 0 Å². The maximum Gasteiger partial charge on any atom is 0.398 e. The van der Waals surface area contributed by atoms with E-state index in [0.717, 1.165) is 0 Å². The average Bonchev–Trinajstić information content (AvgIpc) is 1.35. The molecule has 0 aromatic rings. The molecule has 0 amide bonds. The fourth-order valence-electron chi connectivity index (χ4n) is 0. The van der Waals surface area contributed by atoms with Crippen molar-refractivity contribution < 1.29 is 13.3 Å². The zero-order chi connectivity index (χ0) is 5.21. The van der Waals surface area contributed by atoms with Crippen molar-refractivity contribution in [3.05, 3.63) is 0 Å². The zero-order valence-corrected chi connectivity index (χ0v) is 4.02. The summed E-state index contributed by atoms with van der Waals surface area (Å²) in [6.07, 6.45) is 0. The molecule has 0 fully saturated rings. The molecule has 0 heterocycles. The summed E-state index contributed by atoms with van der Waals surface area (Å²) < 4.78 is 27.1. The van der Waals surface area contributed by atoms with Crippen molar-refractivity contribution in [2.45, 2.75) is 4.71 Å². The van der Waals surface area contributed by atoms with Gasteiger partial charge in [0.2, 0.25) is 0 Å². The Hall–Kier alpha value is 0.460. The Kier molecular flexibility index (Phi) is 2.10. The lowest BCUT2D eigenvalue weighted by Crippen LogP contribution is -1.93. The molecule has 0 bridgehead atoms. The van der Waals surface area contributed by atoms with Crippen molar-refractivity contribution in [3.63, 3.8) is 0 Å². The highest BCUT2D eigenvalue weighted by Gasteiger charge is 2.25. The molecule has 0 aliphatic carbocycles. The maximum absolute atomic E-state index is 10.9. The van der Waals surface area contributed by atoms with E-state index >= 15 is 0 Å². The van der Waals surface area contributed by atoms with Crippen molar-refractivity contribution in [3.8, 4) is 0 Å². The molecule has 0 N–H and O–H groups in total. The number of hydrogen-bond donors (Lipinski definition) is 0. The third kappa shape index (κ3) is 4.46. The molecule has 6 heavy (non-hydrogen) atoms. The van der Waals surface area contributed by atoms with Crippen molar-refractivity contribution >= 4 is 23.6 Å². The van der Waals surface area contributed by atoms with Crippen LogP contribution in [0.2, 0.25) is 0 Å². The quantitative estimate of drug-likeness (QED) is 0.395. The second kappa shape index (κ2) is 1.95. The highest BCUT2D eigenvalue weighted by molar-refractivity contribution is 7.95. The smallest absolute Gasteiger partial charge is 0.174 e. The summed E-state index contributed by atoms with van der Waals surface area (Å²) in [6, 6.07) is 0. The van der Waals surface area contributed by atoms with Crippen LogP contribution < -0.4 is 0 Å². The summed E-state index contributed by atoms with van der Waals surface area (Å²) in [7, 11) is 0. The fraction of sp³-hybridized carbons (Fsp3) is 1.00. The second-order valence-electron chi connectivity index (χ2n) is 0.529. The Morgan fingerprint density at radius 1 is 1.67 bits per heavy atom. The van der Waals surface area contributed by atoms with Gasteiger partial charge in [-0.05, 0) is 11.6 Å². The van der Waals surface area contributed by atoms with Crippen molar-refractivity contribution in [2.75, 3.05) is 0 Å². The van der Waals surface area contributed by atoms with Crippen molar-refractivity contribution in [1.82, 2.24) is 0 Å². The average molecular weight is 134 g/mol. The van der Waals surface area contributed by atoms with Gasteiger partial charge < -0.3 is 0 Å². The first-order valence-electron chi connectivity index (χ1n) is 0.938. The second-order valence-corrected chi connectivity index (χ2v) is 1.91. The van der Waals surface area contributed by atoms with E-state index < -0.39 is 16.8 Å². The van der Waals surface area contributed by atoms with E-state index in [2.05, 4.69) is 11.6 Å². The van der Waals surface area contributed by atoms with Crippen LogP contribution >= 0.6 is 23.6 Å². The molecular weight excluding hydrogens is 134 g/mol. The Labute approximate surface area is 42.5 Å². The third-order valence-corrected chi connectivity index (χ3v) is 0.472. The molecule has 1 radical (unpaired) electrons. The van der Waals surface area contributed by atoms with Gasteiger partial charge in [0.05, 0.1) is 0 Å². The Bertz CT molecular complexity index is 43.3. The Morgan fingerprint density at radius 3 is 1.83 bits per heavy atom.